The first kappa shape index (κ1) is 21.1. The van der Waals surface area contributed by atoms with E-state index in [1.54, 1.807) is 0 Å². The molecule has 152 valence electrons. The summed E-state index contributed by atoms with van der Waals surface area (Å²) in [6.45, 7) is -0.0421. The summed E-state index contributed by atoms with van der Waals surface area (Å²) < 4.78 is 30.2. The van der Waals surface area contributed by atoms with Crippen LogP contribution in [-0.4, -0.2) is 38.1 Å². The van der Waals surface area contributed by atoms with E-state index >= 15 is 0 Å². The highest BCUT2D eigenvalue weighted by atomic mass is 35.5. The molecule has 2 saturated carbocycles. The maximum atomic E-state index is 12.9. The van der Waals surface area contributed by atoms with E-state index in [2.05, 4.69) is 0 Å². The minimum atomic E-state index is -3.60. The summed E-state index contributed by atoms with van der Waals surface area (Å²) >= 11 is 6.43. The lowest BCUT2D eigenvalue weighted by Gasteiger charge is -2.20. The van der Waals surface area contributed by atoms with Gasteiger partial charge in [-0.25, -0.2) is 8.42 Å². The van der Waals surface area contributed by atoms with Gasteiger partial charge in [0.1, 0.15) is 5.92 Å². The van der Waals surface area contributed by atoms with Crippen molar-refractivity contribution >= 4 is 38.8 Å². The van der Waals surface area contributed by atoms with Crippen LogP contribution in [0.15, 0.2) is 17.0 Å². The second kappa shape index (κ2) is 8.43. The first-order chi connectivity index (χ1) is 13.2. The molecule has 0 spiro atoms. The number of carbonyl (C=O) groups excluding carboxylic acids is 3. The number of hydrogen-bond acceptors (Lipinski definition) is 6. The zero-order valence-corrected chi connectivity index (χ0v) is 17.3. The molecule has 2 aliphatic carbocycles. The minimum absolute atomic E-state index is 0.00616. The van der Waals surface area contributed by atoms with Crippen LogP contribution in [0.5, 0.6) is 0 Å². The Balaban J connectivity index is 1.98. The number of ketones is 3. The first-order valence-corrected chi connectivity index (χ1v) is 11.7. The summed E-state index contributed by atoms with van der Waals surface area (Å²) in [5.41, 5.74) is 0.199. The maximum absolute atomic E-state index is 12.9. The number of carbonyl (C=O) groups is 3. The van der Waals surface area contributed by atoms with Crippen LogP contribution in [-0.2, 0) is 30.8 Å². The van der Waals surface area contributed by atoms with E-state index in [0.29, 0.717) is 6.42 Å². The lowest BCUT2D eigenvalue weighted by Crippen LogP contribution is -2.35. The molecule has 0 atom stereocenters. The van der Waals surface area contributed by atoms with Crippen molar-refractivity contribution < 1.29 is 27.5 Å². The fraction of sp³-hybridized carbons (Fsp3) is 0.550. The van der Waals surface area contributed by atoms with Crippen LogP contribution in [0.25, 0.3) is 0 Å². The average molecular weight is 427 g/mol. The van der Waals surface area contributed by atoms with Gasteiger partial charge in [0.25, 0.3) is 0 Å². The number of ether oxygens (including phenoxy) is 1. The van der Waals surface area contributed by atoms with Crippen molar-refractivity contribution in [3.05, 3.63) is 28.3 Å². The monoisotopic (exact) mass is 426 g/mol. The van der Waals surface area contributed by atoms with Gasteiger partial charge in [-0.2, -0.15) is 0 Å². The Morgan fingerprint density at radius 3 is 2.29 bits per heavy atom. The summed E-state index contributed by atoms with van der Waals surface area (Å²) in [6.07, 6.45) is 5.81. The number of halogens is 1. The lowest BCUT2D eigenvalue weighted by molar-refractivity contribution is -0.133. The number of sulfone groups is 1. The Morgan fingerprint density at radius 1 is 1.11 bits per heavy atom. The molecule has 2 aliphatic rings. The van der Waals surface area contributed by atoms with Crippen LogP contribution < -0.4 is 0 Å². The summed E-state index contributed by atoms with van der Waals surface area (Å²) in [5.74, 6) is -2.83. The Kier molecular flexibility index (Phi) is 6.37. The lowest BCUT2D eigenvalue weighted by atomic mass is 9.81. The van der Waals surface area contributed by atoms with Gasteiger partial charge in [-0.05, 0) is 31.4 Å². The van der Waals surface area contributed by atoms with Gasteiger partial charge in [0.05, 0.1) is 22.6 Å². The van der Waals surface area contributed by atoms with Gasteiger partial charge in [-0.1, -0.05) is 24.4 Å². The quantitative estimate of drug-likeness (QED) is 0.511. The Bertz CT molecular complexity index is 899. The molecule has 28 heavy (non-hydrogen) atoms. The molecule has 0 N–H and O–H groups in total. The molecule has 0 aromatic heterocycles. The molecule has 0 heterocycles. The molecular formula is C20H23ClO6S. The van der Waals surface area contributed by atoms with Gasteiger partial charge in [-0.15, -0.1) is 0 Å². The topological polar surface area (TPSA) is 94.6 Å². The maximum Gasteiger partial charge on any atom is 0.182 e. The van der Waals surface area contributed by atoms with Crippen molar-refractivity contribution in [3.8, 4) is 0 Å². The van der Waals surface area contributed by atoms with Crippen LogP contribution in [0, 0.1) is 5.92 Å². The number of benzene rings is 1. The molecule has 0 saturated heterocycles. The zero-order valence-electron chi connectivity index (χ0n) is 15.7. The van der Waals surface area contributed by atoms with Crippen molar-refractivity contribution in [1.29, 1.82) is 0 Å². The molecule has 1 aromatic carbocycles. The summed E-state index contributed by atoms with van der Waals surface area (Å²) in [4.78, 5) is 37.2. The second-order valence-corrected chi connectivity index (χ2v) is 9.84. The molecule has 8 heteroatoms. The number of rotatable bonds is 6. The fourth-order valence-electron chi connectivity index (χ4n) is 3.88. The van der Waals surface area contributed by atoms with Crippen LogP contribution >= 0.6 is 11.6 Å². The highest BCUT2D eigenvalue weighted by molar-refractivity contribution is 7.90. The van der Waals surface area contributed by atoms with Gasteiger partial charge in [0.15, 0.2) is 27.2 Å². The van der Waals surface area contributed by atoms with Crippen molar-refractivity contribution in [2.45, 2.75) is 62.6 Å². The Labute approximate surface area is 169 Å². The molecule has 6 nitrogen and oxygen atoms in total. The Morgan fingerprint density at radius 2 is 1.71 bits per heavy atom. The third-order valence-corrected chi connectivity index (χ3v) is 7.00. The summed E-state index contributed by atoms with van der Waals surface area (Å²) in [6, 6.07) is 2.59. The largest absolute Gasteiger partial charge is 0.373 e. The van der Waals surface area contributed by atoms with Crippen molar-refractivity contribution in [1.82, 2.24) is 0 Å². The van der Waals surface area contributed by atoms with Gasteiger partial charge in [0, 0.05) is 30.2 Å². The van der Waals surface area contributed by atoms with E-state index in [-0.39, 0.29) is 46.6 Å². The molecule has 1 aromatic rings. The molecule has 0 bridgehead atoms. The average Bonchev–Trinajstić information content (AvgIpc) is 3.12. The number of hydrogen-bond donors (Lipinski definition) is 0. The van der Waals surface area contributed by atoms with Crippen molar-refractivity contribution in [2.75, 3.05) is 6.26 Å². The van der Waals surface area contributed by atoms with Gasteiger partial charge in [0.2, 0.25) is 0 Å². The predicted octanol–water partition coefficient (Wildman–Crippen LogP) is 3.32. The Hall–Kier alpha value is -1.57. The summed E-state index contributed by atoms with van der Waals surface area (Å²) in [7, 11) is -3.60. The van der Waals surface area contributed by atoms with Gasteiger partial charge < -0.3 is 4.74 Å². The van der Waals surface area contributed by atoms with E-state index < -0.39 is 33.1 Å². The van der Waals surface area contributed by atoms with E-state index in [1.807, 2.05) is 0 Å². The number of Topliss-reactive ketones (excluding diaryl/α,β-unsaturated/α-hetero) is 3. The molecule has 0 amide bonds. The van der Waals surface area contributed by atoms with E-state index in [0.717, 1.165) is 31.9 Å². The van der Waals surface area contributed by atoms with Crippen LogP contribution in [0.1, 0.15) is 60.9 Å². The molecule has 0 radical (unpaired) electrons. The van der Waals surface area contributed by atoms with E-state index in [9.17, 15) is 22.8 Å². The molecule has 0 unspecified atom stereocenters. The smallest absolute Gasteiger partial charge is 0.182 e. The highest BCUT2D eigenvalue weighted by Crippen LogP contribution is 2.33. The van der Waals surface area contributed by atoms with Crippen molar-refractivity contribution in [2.24, 2.45) is 5.92 Å². The molecule has 0 aliphatic heterocycles. The third-order valence-electron chi connectivity index (χ3n) is 5.38. The van der Waals surface area contributed by atoms with Crippen molar-refractivity contribution in [3.63, 3.8) is 0 Å². The van der Waals surface area contributed by atoms with Crippen LogP contribution in [0.3, 0.4) is 0 Å². The normalized spacial score (nSPS) is 19.4. The standard InChI is InChI=1S/C20H23ClO6S/c1-28(25,26)17-10-9-13(20(24)18-15(22)7-4-8-16(18)23)19(21)14(17)11-27-12-5-2-3-6-12/h9-10,12,18H,2-8,11H2,1H3. The second-order valence-electron chi connectivity index (χ2n) is 7.48. The predicted molar refractivity (Wildman–Crippen MR) is 103 cm³/mol. The van der Waals surface area contributed by atoms with Gasteiger partial charge >= 0.3 is 0 Å². The SMILES string of the molecule is CS(=O)(=O)c1ccc(C(=O)C2C(=O)CCCC2=O)c(Cl)c1COC1CCCC1. The van der Waals surface area contributed by atoms with Gasteiger partial charge in [-0.3, -0.25) is 14.4 Å². The highest BCUT2D eigenvalue weighted by Gasteiger charge is 2.38. The first-order valence-electron chi connectivity index (χ1n) is 9.43. The van der Waals surface area contributed by atoms with Crippen LogP contribution in [0.4, 0.5) is 0 Å². The third kappa shape index (κ3) is 4.36. The molecule has 3 rings (SSSR count). The van der Waals surface area contributed by atoms with Crippen LogP contribution in [0.2, 0.25) is 5.02 Å². The molecular weight excluding hydrogens is 404 g/mol. The fourth-order valence-corrected chi connectivity index (χ4v) is 5.18. The zero-order chi connectivity index (χ0) is 20.5. The minimum Gasteiger partial charge on any atom is -0.373 e. The summed E-state index contributed by atoms with van der Waals surface area (Å²) in [5, 5.41) is -0.0582. The van der Waals surface area contributed by atoms with E-state index in [1.165, 1.54) is 12.1 Å². The van der Waals surface area contributed by atoms with E-state index in [4.69, 9.17) is 16.3 Å². The molecule has 2 fully saturated rings.